The number of benzene rings is 3. The lowest BCUT2D eigenvalue weighted by molar-refractivity contribution is -0.137. The number of fused-ring (bicyclic) bond motifs is 1. The molecule has 168 valence electrons. The summed E-state index contributed by atoms with van der Waals surface area (Å²) in [5.74, 6) is 0. The Labute approximate surface area is 194 Å². The molecule has 3 nitrogen and oxygen atoms in total. The van der Waals surface area contributed by atoms with Crippen LogP contribution in [0.5, 0.6) is 0 Å². The number of nitrogens with one attached hydrogen (secondary N) is 1. The zero-order valence-corrected chi connectivity index (χ0v) is 18.9. The SMILES string of the molecule is Cc1cc(SNc2cccc(C(F)(F)F)c2)ccc1Cl.O=CN1CCCc2ccccc21. The largest absolute Gasteiger partial charge is 0.416 e. The third kappa shape index (κ3) is 6.43. The molecule has 1 aliphatic rings. The minimum atomic E-state index is -4.33. The van der Waals surface area contributed by atoms with Gasteiger partial charge in [-0.1, -0.05) is 35.9 Å². The maximum Gasteiger partial charge on any atom is 0.416 e. The van der Waals surface area contributed by atoms with Crippen LogP contribution in [0.1, 0.15) is 23.1 Å². The van der Waals surface area contributed by atoms with E-state index >= 15 is 0 Å². The van der Waals surface area contributed by atoms with Gasteiger partial charge in [-0.05, 0) is 85.3 Å². The summed E-state index contributed by atoms with van der Waals surface area (Å²) in [5, 5.41) is 0.661. The Hall–Kier alpha value is -2.64. The minimum Gasteiger partial charge on any atom is -0.326 e. The highest BCUT2D eigenvalue weighted by Gasteiger charge is 2.30. The number of halogens is 4. The highest BCUT2D eigenvalue weighted by atomic mass is 35.5. The second-order valence-electron chi connectivity index (χ2n) is 7.22. The summed E-state index contributed by atoms with van der Waals surface area (Å²) in [4.78, 5) is 13.3. The Morgan fingerprint density at radius 3 is 2.56 bits per heavy atom. The first-order chi connectivity index (χ1) is 15.3. The summed E-state index contributed by atoms with van der Waals surface area (Å²) < 4.78 is 40.6. The Bertz CT molecular complexity index is 1080. The molecule has 1 aliphatic heterocycles. The van der Waals surface area contributed by atoms with Crippen LogP contribution in [0.4, 0.5) is 24.5 Å². The summed E-state index contributed by atoms with van der Waals surface area (Å²) in [7, 11) is 0. The number of alkyl halides is 3. The molecule has 1 amide bonds. The first-order valence-electron chi connectivity index (χ1n) is 9.94. The van der Waals surface area contributed by atoms with Gasteiger partial charge in [-0.2, -0.15) is 13.2 Å². The molecule has 0 atom stereocenters. The second kappa shape index (κ2) is 10.8. The Morgan fingerprint density at radius 2 is 1.84 bits per heavy atom. The molecule has 3 aromatic carbocycles. The molecule has 0 aliphatic carbocycles. The molecule has 4 rings (SSSR count). The van der Waals surface area contributed by atoms with Crippen LogP contribution >= 0.6 is 23.5 Å². The summed E-state index contributed by atoms with van der Waals surface area (Å²) in [6.45, 7) is 2.73. The smallest absolute Gasteiger partial charge is 0.326 e. The summed E-state index contributed by atoms with van der Waals surface area (Å²) in [6, 6.07) is 18.6. The third-order valence-corrected chi connectivity index (χ3v) is 6.13. The van der Waals surface area contributed by atoms with Gasteiger partial charge < -0.3 is 9.62 Å². The lowest BCUT2D eigenvalue weighted by Crippen LogP contribution is -2.27. The van der Waals surface area contributed by atoms with Gasteiger partial charge in [0.05, 0.1) is 5.56 Å². The Kier molecular flexibility index (Phi) is 8.10. The lowest BCUT2D eigenvalue weighted by atomic mass is 10.0. The summed E-state index contributed by atoms with van der Waals surface area (Å²) in [6.07, 6.45) is -1.24. The van der Waals surface area contributed by atoms with Gasteiger partial charge in [-0.15, -0.1) is 0 Å². The fourth-order valence-electron chi connectivity index (χ4n) is 3.23. The van der Waals surface area contributed by atoms with Gasteiger partial charge in [-0.3, -0.25) is 4.79 Å². The van der Waals surface area contributed by atoms with Crippen molar-refractivity contribution in [1.29, 1.82) is 0 Å². The zero-order chi connectivity index (χ0) is 23.1. The number of nitrogens with zero attached hydrogens (tertiary/aromatic N) is 1. The van der Waals surface area contributed by atoms with Crippen molar-refractivity contribution >= 4 is 41.3 Å². The van der Waals surface area contributed by atoms with Crippen molar-refractivity contribution < 1.29 is 18.0 Å². The molecule has 0 bridgehead atoms. The number of carbonyl (C=O) groups is 1. The molecule has 8 heteroatoms. The molecule has 1 N–H and O–H groups in total. The van der Waals surface area contributed by atoms with Crippen molar-refractivity contribution in [3.8, 4) is 0 Å². The number of carbonyl (C=O) groups excluding carboxylic acids is 1. The average molecular weight is 479 g/mol. The monoisotopic (exact) mass is 478 g/mol. The number of hydrogen-bond donors (Lipinski definition) is 1. The number of rotatable bonds is 4. The van der Waals surface area contributed by atoms with E-state index in [-0.39, 0.29) is 0 Å². The van der Waals surface area contributed by atoms with Crippen LogP contribution in [0, 0.1) is 6.92 Å². The van der Waals surface area contributed by atoms with Crippen molar-refractivity contribution in [2.45, 2.75) is 30.8 Å². The van der Waals surface area contributed by atoms with Gasteiger partial charge >= 0.3 is 6.18 Å². The van der Waals surface area contributed by atoms with E-state index in [4.69, 9.17) is 11.6 Å². The van der Waals surface area contributed by atoms with E-state index in [0.29, 0.717) is 10.7 Å². The van der Waals surface area contributed by atoms with Crippen LogP contribution in [-0.4, -0.2) is 13.0 Å². The molecular weight excluding hydrogens is 457 g/mol. The van der Waals surface area contributed by atoms with Crippen LogP contribution in [-0.2, 0) is 17.4 Å². The zero-order valence-electron chi connectivity index (χ0n) is 17.3. The van der Waals surface area contributed by atoms with Crippen LogP contribution in [0.25, 0.3) is 0 Å². The van der Waals surface area contributed by atoms with Crippen LogP contribution in [0.2, 0.25) is 5.02 Å². The summed E-state index contributed by atoms with van der Waals surface area (Å²) >= 11 is 7.15. The van der Waals surface area contributed by atoms with E-state index in [9.17, 15) is 18.0 Å². The second-order valence-corrected chi connectivity index (χ2v) is 8.51. The first kappa shape index (κ1) is 24.0. The number of aryl methyl sites for hydroxylation is 2. The highest BCUT2D eigenvalue weighted by Crippen LogP contribution is 2.32. The van der Waals surface area contributed by atoms with Crippen LogP contribution in [0.3, 0.4) is 0 Å². The van der Waals surface area contributed by atoms with Crippen molar-refractivity contribution in [2.75, 3.05) is 16.2 Å². The molecule has 0 spiro atoms. The lowest BCUT2D eigenvalue weighted by Gasteiger charge is -2.25. The van der Waals surface area contributed by atoms with E-state index in [1.54, 1.807) is 23.1 Å². The van der Waals surface area contributed by atoms with Crippen LogP contribution < -0.4 is 9.62 Å². The van der Waals surface area contributed by atoms with Crippen LogP contribution in [0.15, 0.2) is 71.6 Å². The van der Waals surface area contributed by atoms with E-state index in [1.165, 1.54) is 23.6 Å². The average Bonchev–Trinajstić information content (AvgIpc) is 2.79. The molecule has 0 aromatic heterocycles. The molecule has 0 radical (unpaired) electrons. The predicted octanol–water partition coefficient (Wildman–Crippen LogP) is 7.38. The van der Waals surface area contributed by atoms with E-state index in [2.05, 4.69) is 10.8 Å². The molecule has 3 aromatic rings. The van der Waals surface area contributed by atoms with E-state index in [0.717, 1.165) is 54.1 Å². The Balaban J connectivity index is 0.000000204. The third-order valence-electron chi connectivity index (χ3n) is 4.88. The molecular formula is C24H22ClF3N2OS. The standard InChI is InChI=1S/C14H11ClF3NS.C10H11NO/c1-9-7-12(5-6-13(9)15)20-19-11-4-2-3-10(8-11)14(16,17)18;12-8-11-7-3-5-9-4-1-2-6-10(9)11/h2-8,19H,1H3;1-2,4,6,8H,3,5,7H2. The van der Waals surface area contributed by atoms with Gasteiger partial charge in [0, 0.05) is 27.8 Å². The fraction of sp³-hybridized carbons (Fsp3) is 0.208. The normalized spacial score (nSPS) is 13.0. The van der Waals surface area contributed by atoms with Gasteiger partial charge in [0.2, 0.25) is 6.41 Å². The van der Waals surface area contributed by atoms with E-state index < -0.39 is 11.7 Å². The number of amides is 1. The fourth-order valence-corrected chi connectivity index (χ4v) is 4.08. The maximum absolute atomic E-state index is 12.6. The molecule has 0 fully saturated rings. The predicted molar refractivity (Wildman–Crippen MR) is 125 cm³/mol. The molecule has 0 saturated carbocycles. The number of anilines is 2. The molecule has 0 saturated heterocycles. The maximum atomic E-state index is 12.6. The van der Waals surface area contributed by atoms with Gasteiger partial charge in [0.25, 0.3) is 0 Å². The first-order valence-corrected chi connectivity index (χ1v) is 11.1. The molecule has 0 unspecified atom stereocenters. The molecule has 32 heavy (non-hydrogen) atoms. The van der Waals surface area contributed by atoms with E-state index in [1.807, 2.05) is 31.2 Å². The van der Waals surface area contributed by atoms with Crippen molar-refractivity contribution in [3.05, 3.63) is 88.4 Å². The summed E-state index contributed by atoms with van der Waals surface area (Å²) in [5.41, 5.74) is 3.02. The van der Waals surface area contributed by atoms with Crippen molar-refractivity contribution in [3.63, 3.8) is 0 Å². The topological polar surface area (TPSA) is 32.3 Å². The number of hydrogen-bond acceptors (Lipinski definition) is 3. The van der Waals surface area contributed by atoms with Crippen molar-refractivity contribution in [1.82, 2.24) is 0 Å². The minimum absolute atomic E-state index is 0.400. The highest BCUT2D eigenvalue weighted by molar-refractivity contribution is 8.00. The van der Waals surface area contributed by atoms with Gasteiger partial charge in [0.15, 0.2) is 0 Å². The molecule has 1 heterocycles. The van der Waals surface area contributed by atoms with Crippen molar-refractivity contribution in [2.24, 2.45) is 0 Å². The van der Waals surface area contributed by atoms with Gasteiger partial charge in [-0.25, -0.2) is 0 Å². The number of para-hydroxylation sites is 1. The quantitative estimate of drug-likeness (QED) is 0.313. The van der Waals surface area contributed by atoms with Gasteiger partial charge in [0.1, 0.15) is 0 Å². The Morgan fingerprint density at radius 1 is 1.06 bits per heavy atom.